The lowest BCUT2D eigenvalue weighted by Crippen LogP contribution is -2.50. The normalized spacial score (nSPS) is 14.1. The van der Waals surface area contributed by atoms with Gasteiger partial charge in [0.15, 0.2) is 22.9 Å². The Morgan fingerprint density at radius 1 is 0.368 bits per heavy atom. The largest absolute Gasteiger partial charge is 0.402 e. The fraction of sp³-hybridized carbons (Fsp3) is 0.908. The average Bonchev–Trinajstić information content (AvgIpc) is 3.76. The van der Waals surface area contributed by atoms with E-state index in [0.29, 0.717) is 21.7 Å². The molecule has 87 heavy (non-hydrogen) atoms. The molecule has 0 atom stereocenters. The minimum Gasteiger partial charge on any atom is -0.206 e. The van der Waals surface area contributed by atoms with Crippen LogP contribution in [0.2, 0.25) is 50.9 Å². The molecule has 1 aliphatic rings. The Kier molecular flexibility index (Phi) is 50.0. The highest BCUT2D eigenvalue weighted by atomic mass is 28.3. The molecule has 0 amide bonds. The van der Waals surface area contributed by atoms with Gasteiger partial charge in [0.25, 0.3) is 0 Å². The van der Waals surface area contributed by atoms with Crippen molar-refractivity contribution in [2.45, 2.75) is 351 Å². The van der Waals surface area contributed by atoms with E-state index in [1.54, 1.807) is 0 Å². The first-order valence-corrected chi connectivity index (χ1v) is 37.3. The molecular formula is C65H126F20Si2. The quantitative estimate of drug-likeness (QED) is 0.100. The molecule has 2 rings (SSSR count). The number of alkyl halides is 16. The van der Waals surface area contributed by atoms with E-state index in [4.69, 9.17) is 0 Å². The molecule has 0 spiro atoms. The maximum absolute atomic E-state index is 12.8. The number of benzene rings is 1. The van der Waals surface area contributed by atoms with Crippen molar-refractivity contribution in [2.75, 3.05) is 0 Å². The van der Waals surface area contributed by atoms with Crippen LogP contribution < -0.4 is 0 Å². The number of hydrogen-bond donors (Lipinski definition) is 0. The zero-order chi connectivity index (χ0) is 73.4. The molecule has 534 valence electrons. The third-order valence-corrected chi connectivity index (χ3v) is 19.4. The van der Waals surface area contributed by atoms with Gasteiger partial charge < -0.3 is 0 Å². The number of rotatable bonds is 9. The van der Waals surface area contributed by atoms with Crippen molar-refractivity contribution in [3.8, 4) is 0 Å². The fourth-order valence-electron chi connectivity index (χ4n) is 4.03. The highest BCUT2D eigenvalue weighted by molar-refractivity contribution is 6.78. The van der Waals surface area contributed by atoms with E-state index >= 15 is 0 Å². The van der Waals surface area contributed by atoms with Gasteiger partial charge in [-0.15, -0.1) is 0 Å². The van der Waals surface area contributed by atoms with Crippen LogP contribution in [-0.4, -0.2) is 58.1 Å². The van der Waals surface area contributed by atoms with Gasteiger partial charge in [0.05, 0.1) is 0 Å². The van der Waals surface area contributed by atoms with Crippen molar-refractivity contribution in [3.05, 3.63) is 34.4 Å². The molecule has 1 aromatic carbocycles. The monoisotopic (exact) mass is 1340 g/mol. The average molecular weight is 1340 g/mol. The molecule has 0 bridgehead atoms. The van der Waals surface area contributed by atoms with Crippen LogP contribution in [-0.2, 0) is 0 Å². The summed E-state index contributed by atoms with van der Waals surface area (Å²) >= 11 is 0. The van der Waals surface area contributed by atoms with E-state index in [2.05, 4.69) is 178 Å². The summed E-state index contributed by atoms with van der Waals surface area (Å²) < 4.78 is 237. The highest BCUT2D eigenvalue weighted by Crippen LogP contribution is 2.49. The minimum atomic E-state index is -5.29. The lowest BCUT2D eigenvalue weighted by Gasteiger charge is -2.29. The second kappa shape index (κ2) is 41.8. The first-order chi connectivity index (χ1) is 37.4. The van der Waals surface area contributed by atoms with Crippen molar-refractivity contribution in [1.82, 2.24) is 0 Å². The molecule has 1 aromatic rings. The van der Waals surface area contributed by atoms with Crippen molar-refractivity contribution in [1.29, 1.82) is 0 Å². The second-order valence-corrected chi connectivity index (χ2v) is 41.9. The highest BCUT2D eigenvalue weighted by Gasteiger charge is 2.66. The van der Waals surface area contributed by atoms with Gasteiger partial charge in [-0.25, -0.2) is 35.1 Å². The summed E-state index contributed by atoms with van der Waals surface area (Å²) in [6.45, 7) is 61.4. The van der Waals surface area contributed by atoms with Crippen LogP contribution in [0.25, 0.3) is 0 Å². The van der Waals surface area contributed by atoms with Crippen molar-refractivity contribution >= 4 is 16.1 Å². The van der Waals surface area contributed by atoms with Gasteiger partial charge in [0.2, 0.25) is 0 Å². The van der Waals surface area contributed by atoms with Gasteiger partial charge in [-0.1, -0.05) is 241 Å². The van der Waals surface area contributed by atoms with Crippen molar-refractivity contribution in [3.63, 3.8) is 0 Å². The Hall–Kier alpha value is -1.75. The van der Waals surface area contributed by atoms with E-state index in [0.717, 1.165) is 19.3 Å². The topological polar surface area (TPSA) is 0 Å². The molecule has 1 saturated carbocycles. The van der Waals surface area contributed by atoms with E-state index in [-0.39, 0.29) is 41.5 Å². The third kappa shape index (κ3) is 56.7. The van der Waals surface area contributed by atoms with E-state index in [1.165, 1.54) is 75.9 Å². The molecule has 0 aromatic heterocycles. The Bertz CT molecular complexity index is 1620. The van der Waals surface area contributed by atoms with Crippen LogP contribution in [0.15, 0.2) is 0 Å². The van der Waals surface area contributed by atoms with Crippen LogP contribution in [0.1, 0.15) is 256 Å². The molecule has 0 radical (unpaired) electrons. The predicted octanol–water partition coefficient (Wildman–Crippen LogP) is 29.1. The second-order valence-electron chi connectivity index (χ2n) is 30.2. The van der Waals surface area contributed by atoms with Gasteiger partial charge in [-0.2, -0.15) is 52.7 Å². The van der Waals surface area contributed by atoms with Crippen LogP contribution in [0, 0.1) is 69.6 Å². The third-order valence-electron chi connectivity index (χ3n) is 14.3. The maximum atomic E-state index is 12.8. The molecular weight excluding hydrogens is 1220 g/mol. The predicted molar refractivity (Wildman–Crippen MR) is 337 cm³/mol. The van der Waals surface area contributed by atoms with Crippen molar-refractivity contribution < 1.29 is 87.8 Å². The maximum Gasteiger partial charge on any atom is 0.402 e. The molecule has 0 nitrogen and oxygen atoms in total. The SMILES string of the molecule is CC(C)(C(F)(F)F)C(F)(F)F.CC(C)(C)C.CC(F)(F)C(C)(F)F.CC(F)(F)C(F)(F)C(C)(F)F.CCC(C)(C)C.CCC(C)(C)C.CCC(C)(C)CC.CCC1(C)CCCC1.CC[Si](C)(CC)CC.C[Si](C)(C)C.Cc1c(F)c(C)c(F)c(F)c1F. The lowest BCUT2D eigenvalue weighted by molar-refractivity contribution is -0.327. The molecule has 0 unspecified atom stereocenters. The van der Waals surface area contributed by atoms with Gasteiger partial charge >= 0.3 is 42.0 Å². The van der Waals surface area contributed by atoms with Gasteiger partial charge in [0.1, 0.15) is 5.82 Å². The molecule has 0 heterocycles. The van der Waals surface area contributed by atoms with Crippen LogP contribution in [0.4, 0.5) is 87.8 Å². The van der Waals surface area contributed by atoms with Gasteiger partial charge in [0, 0.05) is 55.0 Å². The van der Waals surface area contributed by atoms with Crippen LogP contribution in [0.3, 0.4) is 0 Å². The fourth-order valence-corrected chi connectivity index (χ4v) is 5.53. The molecule has 1 aliphatic carbocycles. The molecule has 0 aliphatic heterocycles. The minimum absolute atomic E-state index is 0.104. The van der Waals surface area contributed by atoms with E-state index < -0.39 is 97.9 Å². The lowest BCUT2D eigenvalue weighted by atomic mass is 9.86. The number of halogens is 20. The van der Waals surface area contributed by atoms with Crippen LogP contribution in [0.5, 0.6) is 0 Å². The van der Waals surface area contributed by atoms with E-state index in [9.17, 15) is 87.8 Å². The molecule has 0 N–H and O–H groups in total. The first-order valence-electron chi connectivity index (χ1n) is 30.2. The molecule has 0 saturated heterocycles. The summed E-state index contributed by atoms with van der Waals surface area (Å²) in [5, 5.41) is 0. The Morgan fingerprint density at radius 3 is 0.644 bits per heavy atom. The Balaban J connectivity index is -0.000000111. The first kappa shape index (κ1) is 104. The summed E-state index contributed by atoms with van der Waals surface area (Å²) in [4.78, 5) is 0. The smallest absolute Gasteiger partial charge is 0.206 e. The van der Waals surface area contributed by atoms with E-state index in [1.807, 2.05) is 0 Å². The Labute approximate surface area is 520 Å². The molecule has 22 heteroatoms. The van der Waals surface area contributed by atoms with Gasteiger partial charge in [-0.3, -0.25) is 0 Å². The summed E-state index contributed by atoms with van der Waals surface area (Å²) in [5.74, 6) is -28.1. The standard InChI is InChI=1S/C8H6F4.C8H16.C7H18Si.C7H16.2C6H14.2C5H6F6.C5H12.C4H6F4.C4H12Si/c1-3-5(9)4(2)7(11)8(12)6(3)10;1-3-8(2)6-4-5-7-8;1-5-8(4,6-2)7-3;1-5-7(3,4)6-2;2*1-5-6(2,3)4;1-3(6,7)5(10,11)4(2,8)9;1-3(2,4(6,7)8)5(9,10)11;1-5(2,3)4;1-3(5,6)4(2,7)8;1-5(2,3)4/h1-2H3;3-7H2,1-2H3;5-7H2,1-4H3;5-6H2,1-4H3;2*5H2,1-4H3;2*1-2H3;1-4H3;1-2H3;1-4H3. The summed E-state index contributed by atoms with van der Waals surface area (Å²) in [6.07, 6.45) is 1.93. The zero-order valence-corrected chi connectivity index (χ0v) is 62.5. The van der Waals surface area contributed by atoms with Crippen LogP contribution >= 0.6 is 0 Å². The number of hydrogen-bond acceptors (Lipinski definition) is 0. The summed E-state index contributed by atoms with van der Waals surface area (Å²) in [7, 11) is -1.28. The van der Waals surface area contributed by atoms with Gasteiger partial charge in [-0.05, 0) is 67.6 Å². The molecule has 1 fully saturated rings. The summed E-state index contributed by atoms with van der Waals surface area (Å²) in [5.41, 5.74) is -1.71. The van der Waals surface area contributed by atoms with Crippen molar-refractivity contribution in [2.24, 2.45) is 32.5 Å². The summed E-state index contributed by atoms with van der Waals surface area (Å²) in [6, 6.07) is 4.38. The Morgan fingerprint density at radius 2 is 0.575 bits per heavy atom. The zero-order valence-electron chi connectivity index (χ0n) is 60.5.